The van der Waals surface area contributed by atoms with Crippen molar-refractivity contribution in [2.75, 3.05) is 5.32 Å². The average Bonchev–Trinajstić information content (AvgIpc) is 2.14. The molecule has 0 saturated carbocycles. The molecule has 0 atom stereocenters. The number of hydrogen-bond donors (Lipinski definition) is 2. The molecule has 0 heterocycles. The van der Waals surface area contributed by atoms with Gasteiger partial charge in [0.25, 0.3) is 0 Å². The first-order valence-corrected chi connectivity index (χ1v) is 4.36. The topological polar surface area (TPSA) is 61.8 Å². The second-order valence-electron chi connectivity index (χ2n) is 2.58. The molecule has 0 aliphatic heterocycles. The summed E-state index contributed by atoms with van der Waals surface area (Å²) in [6, 6.07) is 9.38. The highest BCUT2D eigenvalue weighted by Gasteiger charge is 1.93. The van der Waals surface area contributed by atoms with E-state index in [0.717, 1.165) is 11.3 Å². The van der Waals surface area contributed by atoms with Crippen LogP contribution in [0.1, 0.15) is 5.56 Å². The maximum atomic E-state index is 8.35. The third kappa shape index (κ3) is 3.25. The lowest BCUT2D eigenvalue weighted by Crippen LogP contribution is -2.18. The van der Waals surface area contributed by atoms with Gasteiger partial charge in [-0.3, -0.25) is 0 Å². The molecule has 1 aromatic carbocycles. The van der Waals surface area contributed by atoms with Crippen LogP contribution >= 0.6 is 12.2 Å². The van der Waals surface area contributed by atoms with Crippen molar-refractivity contribution in [1.82, 2.24) is 0 Å². The van der Waals surface area contributed by atoms with E-state index in [0.29, 0.717) is 0 Å². The van der Waals surface area contributed by atoms with Crippen molar-refractivity contribution >= 4 is 29.1 Å². The van der Waals surface area contributed by atoms with Gasteiger partial charge in [-0.2, -0.15) is 5.26 Å². The molecule has 4 heteroatoms. The maximum absolute atomic E-state index is 8.35. The molecule has 0 aliphatic carbocycles. The Labute approximate surface area is 87.8 Å². The van der Waals surface area contributed by atoms with Crippen molar-refractivity contribution < 1.29 is 0 Å². The zero-order valence-electron chi connectivity index (χ0n) is 7.40. The molecule has 3 nitrogen and oxygen atoms in total. The molecule has 0 aliphatic rings. The van der Waals surface area contributed by atoms with E-state index in [1.165, 1.54) is 6.08 Å². The van der Waals surface area contributed by atoms with Crippen molar-refractivity contribution in [3.05, 3.63) is 35.9 Å². The minimum atomic E-state index is 0.228. The number of nitrogens with two attached hydrogens (primary N) is 1. The molecule has 0 spiro atoms. The number of benzene rings is 1. The number of nitrogens with one attached hydrogen (secondary N) is 1. The minimum absolute atomic E-state index is 0.228. The zero-order valence-corrected chi connectivity index (χ0v) is 8.21. The standard InChI is InChI=1S/C10H9N3S/c11-6-2-4-8-3-1-5-9(7-8)13-10(12)14/h1-5,7H,(H3,12,13,14). The summed E-state index contributed by atoms with van der Waals surface area (Å²) in [4.78, 5) is 0. The van der Waals surface area contributed by atoms with Crippen molar-refractivity contribution in [2.24, 2.45) is 5.73 Å². The molecule has 0 amide bonds. The van der Waals surface area contributed by atoms with Crippen LogP contribution in [0.4, 0.5) is 5.69 Å². The molecule has 0 bridgehead atoms. The summed E-state index contributed by atoms with van der Waals surface area (Å²) in [7, 11) is 0. The van der Waals surface area contributed by atoms with Gasteiger partial charge in [0, 0.05) is 11.8 Å². The Hall–Kier alpha value is -1.86. The highest BCUT2D eigenvalue weighted by atomic mass is 32.1. The second-order valence-corrected chi connectivity index (χ2v) is 3.02. The van der Waals surface area contributed by atoms with Crippen molar-refractivity contribution in [1.29, 1.82) is 5.26 Å². The largest absolute Gasteiger partial charge is 0.376 e. The van der Waals surface area contributed by atoms with Gasteiger partial charge in [-0.05, 0) is 36.0 Å². The molecule has 0 saturated heterocycles. The quantitative estimate of drug-likeness (QED) is 0.569. The minimum Gasteiger partial charge on any atom is -0.376 e. The number of thiocarbonyl (C=S) groups is 1. The van der Waals surface area contributed by atoms with Gasteiger partial charge in [0.05, 0.1) is 6.07 Å². The van der Waals surface area contributed by atoms with Crippen LogP contribution in [0.2, 0.25) is 0 Å². The fraction of sp³-hybridized carbons (Fsp3) is 0. The van der Waals surface area contributed by atoms with Crippen LogP contribution in [0, 0.1) is 11.3 Å². The molecule has 0 aromatic heterocycles. The van der Waals surface area contributed by atoms with E-state index >= 15 is 0 Å². The smallest absolute Gasteiger partial charge is 0.168 e. The predicted molar refractivity (Wildman–Crippen MR) is 61.5 cm³/mol. The van der Waals surface area contributed by atoms with E-state index in [2.05, 4.69) is 5.32 Å². The Morgan fingerprint density at radius 1 is 1.57 bits per heavy atom. The summed E-state index contributed by atoms with van der Waals surface area (Å²) in [5.41, 5.74) is 7.07. The fourth-order valence-electron chi connectivity index (χ4n) is 0.996. The first-order chi connectivity index (χ1) is 6.72. The average molecular weight is 203 g/mol. The molecule has 0 radical (unpaired) electrons. The van der Waals surface area contributed by atoms with E-state index < -0.39 is 0 Å². The fourth-order valence-corrected chi connectivity index (χ4v) is 1.11. The Balaban J connectivity index is 2.85. The van der Waals surface area contributed by atoms with Crippen LogP contribution in [0.25, 0.3) is 6.08 Å². The summed E-state index contributed by atoms with van der Waals surface area (Å²) >= 11 is 4.70. The van der Waals surface area contributed by atoms with E-state index in [4.69, 9.17) is 23.2 Å². The molecule has 1 rings (SSSR count). The number of rotatable bonds is 2. The number of nitrogens with zero attached hydrogens (tertiary/aromatic N) is 1. The third-order valence-corrected chi connectivity index (χ3v) is 1.61. The second kappa shape index (κ2) is 5.00. The molecule has 3 N–H and O–H groups in total. The summed E-state index contributed by atoms with van der Waals surface area (Å²) in [5.74, 6) is 0. The van der Waals surface area contributed by atoms with Crippen molar-refractivity contribution in [3.63, 3.8) is 0 Å². The van der Waals surface area contributed by atoms with Gasteiger partial charge in [0.2, 0.25) is 0 Å². The van der Waals surface area contributed by atoms with Crippen LogP contribution in [0.3, 0.4) is 0 Å². The van der Waals surface area contributed by atoms with Gasteiger partial charge in [0.15, 0.2) is 5.11 Å². The maximum Gasteiger partial charge on any atom is 0.168 e. The van der Waals surface area contributed by atoms with Gasteiger partial charge in [0.1, 0.15) is 0 Å². The van der Waals surface area contributed by atoms with E-state index in [1.807, 2.05) is 30.3 Å². The molecule has 1 aromatic rings. The lowest BCUT2D eigenvalue weighted by molar-refractivity contribution is 1.53. The molecule has 14 heavy (non-hydrogen) atoms. The number of hydrogen-bond acceptors (Lipinski definition) is 2. The summed E-state index contributed by atoms with van der Waals surface area (Å²) < 4.78 is 0. The number of allylic oxidation sites excluding steroid dienone is 1. The van der Waals surface area contributed by atoms with E-state index in [9.17, 15) is 0 Å². The highest BCUT2D eigenvalue weighted by Crippen LogP contribution is 2.11. The summed E-state index contributed by atoms with van der Waals surface area (Å²) in [6.45, 7) is 0. The highest BCUT2D eigenvalue weighted by molar-refractivity contribution is 7.80. The van der Waals surface area contributed by atoms with Crippen LogP contribution < -0.4 is 11.1 Å². The third-order valence-electron chi connectivity index (χ3n) is 1.50. The SMILES string of the molecule is N#CC=Cc1cccc(NC(N)=S)c1. The lowest BCUT2D eigenvalue weighted by Gasteiger charge is -2.03. The molecular weight excluding hydrogens is 194 g/mol. The summed E-state index contributed by atoms with van der Waals surface area (Å²) in [6.07, 6.45) is 3.13. The first kappa shape index (κ1) is 10.2. The Morgan fingerprint density at radius 2 is 2.36 bits per heavy atom. The van der Waals surface area contributed by atoms with Crippen LogP contribution in [0.5, 0.6) is 0 Å². The van der Waals surface area contributed by atoms with Crippen LogP contribution in [-0.2, 0) is 0 Å². The van der Waals surface area contributed by atoms with Crippen LogP contribution in [0.15, 0.2) is 30.3 Å². The van der Waals surface area contributed by atoms with Gasteiger partial charge in [-0.15, -0.1) is 0 Å². The Morgan fingerprint density at radius 3 is 3.00 bits per heavy atom. The first-order valence-electron chi connectivity index (χ1n) is 3.95. The van der Waals surface area contributed by atoms with E-state index in [1.54, 1.807) is 6.08 Å². The van der Waals surface area contributed by atoms with Gasteiger partial charge in [-0.1, -0.05) is 12.1 Å². The number of anilines is 1. The Bertz CT molecular complexity index is 404. The van der Waals surface area contributed by atoms with Crippen molar-refractivity contribution in [3.8, 4) is 6.07 Å². The van der Waals surface area contributed by atoms with Gasteiger partial charge in [-0.25, -0.2) is 0 Å². The molecular formula is C10H9N3S. The molecule has 0 unspecified atom stereocenters. The summed E-state index contributed by atoms with van der Waals surface area (Å²) in [5, 5.41) is 11.4. The monoisotopic (exact) mass is 203 g/mol. The predicted octanol–water partition coefficient (Wildman–Crippen LogP) is 1.88. The molecule has 0 fully saturated rings. The zero-order chi connectivity index (χ0) is 10.4. The normalized spacial score (nSPS) is 9.64. The van der Waals surface area contributed by atoms with Crippen LogP contribution in [-0.4, -0.2) is 5.11 Å². The van der Waals surface area contributed by atoms with E-state index in [-0.39, 0.29) is 5.11 Å². The molecule has 70 valence electrons. The van der Waals surface area contributed by atoms with Gasteiger partial charge < -0.3 is 11.1 Å². The van der Waals surface area contributed by atoms with Gasteiger partial charge >= 0.3 is 0 Å². The van der Waals surface area contributed by atoms with Crippen molar-refractivity contribution in [2.45, 2.75) is 0 Å². The Kier molecular flexibility index (Phi) is 3.65. The number of nitriles is 1. The lowest BCUT2D eigenvalue weighted by atomic mass is 10.2.